The Morgan fingerprint density at radius 1 is 1.07 bits per heavy atom. The Labute approximate surface area is 164 Å². The number of nitrogens with zero attached hydrogens (tertiary/aromatic N) is 2. The van der Waals surface area contributed by atoms with Crippen LogP contribution in [0.25, 0.3) is 0 Å². The van der Waals surface area contributed by atoms with Crippen molar-refractivity contribution in [3.05, 3.63) is 58.1 Å². The zero-order chi connectivity index (χ0) is 19.8. The third kappa shape index (κ3) is 6.08. The largest absolute Gasteiger partial charge is 0.480 e. The maximum Gasteiger partial charge on any atom is 0.328 e. The lowest BCUT2D eigenvalue weighted by atomic mass is 10.2. The van der Waals surface area contributed by atoms with Gasteiger partial charge < -0.3 is 21.1 Å². The van der Waals surface area contributed by atoms with Gasteiger partial charge in [0.2, 0.25) is 0 Å². The first-order valence-electron chi connectivity index (χ1n) is 7.61. The van der Waals surface area contributed by atoms with Gasteiger partial charge in [-0.15, -0.1) is 0 Å². The molecule has 0 aliphatic rings. The Kier molecular flexibility index (Phi) is 7.33. The number of carbonyl (C=O) groups excluding carboxylic acids is 2. The van der Waals surface area contributed by atoms with E-state index in [1.54, 1.807) is 24.5 Å². The van der Waals surface area contributed by atoms with E-state index in [2.05, 4.69) is 25.9 Å². The van der Waals surface area contributed by atoms with Crippen molar-refractivity contribution in [2.45, 2.75) is 12.6 Å². The number of urea groups is 1. The summed E-state index contributed by atoms with van der Waals surface area (Å²) in [5, 5.41) is 16.4. The number of halogens is 2. The van der Waals surface area contributed by atoms with E-state index >= 15 is 0 Å². The van der Waals surface area contributed by atoms with Crippen LogP contribution < -0.4 is 16.0 Å². The maximum absolute atomic E-state index is 12.3. The number of rotatable bonds is 7. The van der Waals surface area contributed by atoms with E-state index in [9.17, 15) is 19.5 Å². The van der Waals surface area contributed by atoms with Crippen LogP contribution in [-0.2, 0) is 11.3 Å². The number of hydrogen-bond acceptors (Lipinski definition) is 5. The minimum Gasteiger partial charge on any atom is -0.480 e. The Balaban J connectivity index is 1.90. The first-order valence-corrected chi connectivity index (χ1v) is 8.37. The van der Waals surface area contributed by atoms with Crippen LogP contribution in [0.2, 0.25) is 10.0 Å². The molecule has 3 amide bonds. The van der Waals surface area contributed by atoms with E-state index in [-0.39, 0.29) is 28.7 Å². The summed E-state index contributed by atoms with van der Waals surface area (Å²) in [6.07, 6.45) is 5.61. The molecule has 0 radical (unpaired) electrons. The number of pyridine rings is 2. The van der Waals surface area contributed by atoms with Gasteiger partial charge in [-0.25, -0.2) is 9.59 Å². The monoisotopic (exact) mass is 411 g/mol. The van der Waals surface area contributed by atoms with Gasteiger partial charge in [-0.3, -0.25) is 14.8 Å². The summed E-state index contributed by atoms with van der Waals surface area (Å²) in [4.78, 5) is 43.0. The van der Waals surface area contributed by atoms with Crippen molar-refractivity contribution in [2.24, 2.45) is 0 Å². The number of nitrogens with one attached hydrogen (secondary N) is 3. The Hall–Kier alpha value is -2.91. The number of amides is 3. The summed E-state index contributed by atoms with van der Waals surface area (Å²) in [6.45, 7) is -0.133. The standard InChI is InChI=1S/C16H15Cl2N5O4/c17-10-6-20-7-11(18)13(10)14(24)23-12(15(25)26)8-22-16(27)21-5-9-2-1-3-19-4-9/h1-4,6-7,12H,5,8H2,(H,23,24)(H,25,26)(H2,21,22,27)/t12-/m0/s1. The van der Waals surface area contributed by atoms with Crippen LogP contribution in [0.4, 0.5) is 4.79 Å². The van der Waals surface area contributed by atoms with Crippen molar-refractivity contribution in [3.63, 3.8) is 0 Å². The molecule has 2 aromatic heterocycles. The van der Waals surface area contributed by atoms with Gasteiger partial charge in [-0.05, 0) is 11.6 Å². The van der Waals surface area contributed by atoms with Crippen LogP contribution in [-0.4, -0.2) is 45.6 Å². The Bertz CT molecular complexity index is 815. The second kappa shape index (κ2) is 9.70. The van der Waals surface area contributed by atoms with Gasteiger partial charge in [0.25, 0.3) is 5.91 Å². The molecule has 142 valence electrons. The normalized spacial score (nSPS) is 11.3. The fraction of sp³-hybridized carbons (Fsp3) is 0.188. The molecule has 1 atom stereocenters. The molecular weight excluding hydrogens is 397 g/mol. The Morgan fingerprint density at radius 3 is 2.37 bits per heavy atom. The highest BCUT2D eigenvalue weighted by Crippen LogP contribution is 2.22. The quantitative estimate of drug-likeness (QED) is 0.544. The average Bonchev–Trinajstić information content (AvgIpc) is 2.63. The lowest BCUT2D eigenvalue weighted by Gasteiger charge is -2.16. The number of hydrogen-bond donors (Lipinski definition) is 4. The molecule has 0 fully saturated rings. The van der Waals surface area contributed by atoms with Crippen LogP contribution in [0.1, 0.15) is 15.9 Å². The highest BCUT2D eigenvalue weighted by atomic mass is 35.5. The van der Waals surface area contributed by atoms with Gasteiger partial charge in [-0.2, -0.15) is 0 Å². The van der Waals surface area contributed by atoms with Crippen molar-refractivity contribution >= 4 is 41.1 Å². The SMILES string of the molecule is O=C(NCc1cccnc1)NC[C@H](NC(=O)c1c(Cl)cncc1Cl)C(=O)O. The predicted molar refractivity (Wildman–Crippen MR) is 97.6 cm³/mol. The minimum absolute atomic E-state index is 0.0219. The molecule has 0 aromatic carbocycles. The van der Waals surface area contributed by atoms with E-state index in [1.165, 1.54) is 12.4 Å². The van der Waals surface area contributed by atoms with Gasteiger partial charge in [0.1, 0.15) is 6.04 Å². The predicted octanol–water partition coefficient (Wildman–Crippen LogP) is 1.47. The molecule has 2 heterocycles. The zero-order valence-corrected chi connectivity index (χ0v) is 15.3. The molecule has 2 rings (SSSR count). The highest BCUT2D eigenvalue weighted by Gasteiger charge is 2.24. The molecule has 27 heavy (non-hydrogen) atoms. The summed E-state index contributed by atoms with van der Waals surface area (Å²) >= 11 is 11.7. The lowest BCUT2D eigenvalue weighted by molar-refractivity contribution is -0.139. The summed E-state index contributed by atoms with van der Waals surface area (Å²) < 4.78 is 0. The first kappa shape index (κ1) is 20.4. The van der Waals surface area contributed by atoms with E-state index < -0.39 is 23.9 Å². The minimum atomic E-state index is -1.39. The number of carbonyl (C=O) groups is 3. The van der Waals surface area contributed by atoms with Crippen molar-refractivity contribution in [1.82, 2.24) is 25.9 Å². The van der Waals surface area contributed by atoms with E-state index in [0.717, 1.165) is 5.56 Å². The van der Waals surface area contributed by atoms with Gasteiger partial charge in [0.15, 0.2) is 0 Å². The third-order valence-corrected chi connectivity index (χ3v) is 3.90. The summed E-state index contributed by atoms with van der Waals surface area (Å²) in [7, 11) is 0. The second-order valence-corrected chi connectivity index (χ2v) is 6.08. The molecular formula is C16H15Cl2N5O4. The van der Waals surface area contributed by atoms with Crippen LogP contribution in [0.5, 0.6) is 0 Å². The first-order chi connectivity index (χ1) is 12.9. The van der Waals surface area contributed by atoms with E-state index in [4.69, 9.17) is 23.2 Å². The molecule has 2 aromatic rings. The fourth-order valence-electron chi connectivity index (χ4n) is 2.00. The Morgan fingerprint density at radius 2 is 1.78 bits per heavy atom. The second-order valence-electron chi connectivity index (χ2n) is 5.27. The highest BCUT2D eigenvalue weighted by molar-refractivity contribution is 6.39. The van der Waals surface area contributed by atoms with Gasteiger partial charge in [0.05, 0.1) is 22.2 Å². The van der Waals surface area contributed by atoms with Crippen LogP contribution >= 0.6 is 23.2 Å². The van der Waals surface area contributed by atoms with E-state index in [0.29, 0.717) is 0 Å². The van der Waals surface area contributed by atoms with E-state index in [1.807, 2.05) is 0 Å². The lowest BCUT2D eigenvalue weighted by Crippen LogP contribution is -2.50. The smallest absolute Gasteiger partial charge is 0.328 e. The van der Waals surface area contributed by atoms with Crippen molar-refractivity contribution in [2.75, 3.05) is 6.54 Å². The van der Waals surface area contributed by atoms with Gasteiger partial charge in [0, 0.05) is 31.3 Å². The molecule has 0 saturated heterocycles. The molecule has 9 nitrogen and oxygen atoms in total. The summed E-state index contributed by atoms with van der Waals surface area (Å²) in [5.74, 6) is -2.13. The molecule has 4 N–H and O–H groups in total. The fourth-order valence-corrected chi connectivity index (χ4v) is 2.54. The van der Waals surface area contributed by atoms with Crippen molar-refractivity contribution < 1.29 is 19.5 Å². The molecule has 11 heteroatoms. The van der Waals surface area contributed by atoms with Crippen LogP contribution in [0.3, 0.4) is 0 Å². The number of carboxylic acids is 1. The van der Waals surface area contributed by atoms with Crippen LogP contribution in [0.15, 0.2) is 36.9 Å². The zero-order valence-electron chi connectivity index (χ0n) is 13.8. The van der Waals surface area contributed by atoms with Crippen molar-refractivity contribution in [1.29, 1.82) is 0 Å². The topological polar surface area (TPSA) is 133 Å². The van der Waals surface area contributed by atoms with Gasteiger partial charge >= 0.3 is 12.0 Å². The molecule has 0 bridgehead atoms. The molecule has 0 saturated carbocycles. The summed E-state index contributed by atoms with van der Waals surface area (Å²) in [5.41, 5.74) is 0.679. The van der Waals surface area contributed by atoms with Crippen molar-refractivity contribution in [3.8, 4) is 0 Å². The number of aromatic nitrogens is 2. The number of carboxylic acid groups (broad SMARTS) is 1. The van der Waals surface area contributed by atoms with Crippen LogP contribution in [0, 0.1) is 0 Å². The number of aliphatic carboxylic acids is 1. The molecule has 0 aliphatic carbocycles. The maximum atomic E-state index is 12.3. The van der Waals surface area contributed by atoms with Gasteiger partial charge in [-0.1, -0.05) is 29.3 Å². The average molecular weight is 412 g/mol. The third-order valence-electron chi connectivity index (χ3n) is 3.33. The molecule has 0 unspecified atom stereocenters. The molecule has 0 spiro atoms. The molecule has 0 aliphatic heterocycles. The summed E-state index contributed by atoms with van der Waals surface area (Å²) in [6, 6.07) is 1.51.